The van der Waals surface area contributed by atoms with Crippen molar-refractivity contribution in [2.45, 2.75) is 25.1 Å². The van der Waals surface area contributed by atoms with Gasteiger partial charge in [0.2, 0.25) is 5.91 Å². The number of anilines is 2. The topological polar surface area (TPSA) is 130 Å². The summed E-state index contributed by atoms with van der Waals surface area (Å²) in [6.07, 6.45) is -4.71. The molecule has 1 aromatic heterocycles. The fourth-order valence-corrected chi connectivity index (χ4v) is 2.97. The van der Waals surface area contributed by atoms with Crippen molar-refractivity contribution >= 4 is 23.4 Å². The number of carbonyl (C=O) groups excluding carboxylic acids is 2. The molecule has 0 spiro atoms. The number of aromatic nitrogens is 1. The van der Waals surface area contributed by atoms with E-state index in [2.05, 4.69) is 20.4 Å². The summed E-state index contributed by atoms with van der Waals surface area (Å²) in [5.41, 5.74) is 6.03. The predicted octanol–water partition coefficient (Wildman–Crippen LogP) is 1.86. The number of amides is 3. The first-order valence-electron chi connectivity index (χ1n) is 8.74. The summed E-state index contributed by atoms with van der Waals surface area (Å²) >= 11 is 0. The van der Waals surface area contributed by atoms with E-state index in [1.54, 1.807) is 12.1 Å². The lowest BCUT2D eigenvalue weighted by Crippen LogP contribution is -2.50. The number of fused-ring (bicyclic) bond motifs is 1. The summed E-state index contributed by atoms with van der Waals surface area (Å²) in [5, 5.41) is 15.3. The number of halogens is 3. The largest absolute Gasteiger partial charge is 0.573 e. The Morgan fingerprint density at radius 3 is 2.67 bits per heavy atom. The molecule has 2 aromatic rings. The molecule has 3 rings (SSSR count). The average Bonchev–Trinajstić information content (AvgIpc) is 2.65. The third-order valence-electron chi connectivity index (χ3n) is 4.18. The molecular weight excluding hydrogens is 407 g/mol. The van der Waals surface area contributed by atoms with Gasteiger partial charge in [-0.1, -0.05) is 12.1 Å². The number of urea groups is 1. The van der Waals surface area contributed by atoms with Crippen molar-refractivity contribution in [2.75, 3.05) is 16.8 Å². The smallest absolute Gasteiger partial charge is 0.406 e. The van der Waals surface area contributed by atoms with E-state index in [1.807, 2.05) is 0 Å². The summed E-state index contributed by atoms with van der Waals surface area (Å²) in [7, 11) is 0. The lowest BCUT2D eigenvalue weighted by Gasteiger charge is -2.33. The molecule has 0 bridgehead atoms. The quantitative estimate of drug-likeness (QED) is 0.579. The van der Waals surface area contributed by atoms with Crippen LogP contribution in [0.25, 0.3) is 0 Å². The number of carbonyl (C=O) groups is 2. The van der Waals surface area contributed by atoms with Crippen LogP contribution in [0.4, 0.5) is 29.5 Å². The molecule has 1 aliphatic heterocycles. The summed E-state index contributed by atoms with van der Waals surface area (Å²) in [4.78, 5) is 29.6. The maximum absolute atomic E-state index is 12.8. The first kappa shape index (κ1) is 21.2. The minimum absolute atomic E-state index is 0.114. The Balaban J connectivity index is 1.80. The number of alkyl halides is 3. The Morgan fingerprint density at radius 1 is 1.33 bits per heavy atom. The number of rotatable bonds is 5. The molecule has 0 saturated carbocycles. The van der Waals surface area contributed by atoms with E-state index in [1.165, 1.54) is 23.2 Å². The molecule has 0 aliphatic carbocycles. The minimum Gasteiger partial charge on any atom is -0.406 e. The van der Waals surface area contributed by atoms with E-state index in [-0.39, 0.29) is 18.8 Å². The number of nitrogens with one attached hydrogen (secondary N) is 2. The molecule has 5 N–H and O–H groups in total. The van der Waals surface area contributed by atoms with Crippen LogP contribution in [-0.4, -0.2) is 41.2 Å². The van der Waals surface area contributed by atoms with Crippen molar-refractivity contribution in [1.29, 1.82) is 0 Å². The summed E-state index contributed by atoms with van der Waals surface area (Å²) in [6.45, 7) is -0.114. The highest BCUT2D eigenvalue weighted by Gasteiger charge is 2.32. The van der Waals surface area contributed by atoms with Crippen LogP contribution in [-0.2, 0) is 4.79 Å². The van der Waals surface area contributed by atoms with Gasteiger partial charge in [-0.2, -0.15) is 0 Å². The second kappa shape index (κ2) is 8.45. The van der Waals surface area contributed by atoms with Crippen LogP contribution in [0.1, 0.15) is 18.0 Å². The number of aliphatic hydroxyl groups excluding tert-OH is 1. The van der Waals surface area contributed by atoms with Crippen LogP contribution in [0.2, 0.25) is 0 Å². The maximum atomic E-state index is 12.8. The molecule has 9 nitrogen and oxygen atoms in total. The number of nitrogens with two attached hydrogens (primary N) is 1. The van der Waals surface area contributed by atoms with Gasteiger partial charge in [-0.05, 0) is 29.8 Å². The van der Waals surface area contributed by atoms with Crippen molar-refractivity contribution in [3.8, 4) is 5.75 Å². The molecule has 3 amide bonds. The van der Waals surface area contributed by atoms with E-state index in [0.29, 0.717) is 11.3 Å². The third-order valence-corrected chi connectivity index (χ3v) is 4.18. The van der Waals surface area contributed by atoms with E-state index in [9.17, 15) is 27.9 Å². The van der Waals surface area contributed by atoms with Gasteiger partial charge in [0.05, 0.1) is 24.7 Å². The molecule has 0 radical (unpaired) electrons. The molecular formula is C18H18F3N5O4. The van der Waals surface area contributed by atoms with Crippen molar-refractivity contribution in [3.63, 3.8) is 0 Å². The molecule has 1 aromatic carbocycles. The van der Waals surface area contributed by atoms with Gasteiger partial charge in [0.25, 0.3) is 0 Å². The molecule has 0 saturated heterocycles. The zero-order valence-electron chi connectivity index (χ0n) is 15.4. The highest BCUT2D eigenvalue weighted by Crippen LogP contribution is 2.29. The Labute approximate surface area is 168 Å². The Kier molecular flexibility index (Phi) is 5.96. The number of nitrogens with zero attached hydrogens (tertiary/aromatic N) is 2. The van der Waals surface area contributed by atoms with Gasteiger partial charge in [-0.25, -0.2) is 9.78 Å². The van der Waals surface area contributed by atoms with E-state index in [0.717, 1.165) is 12.1 Å². The van der Waals surface area contributed by atoms with E-state index < -0.39 is 36.3 Å². The monoisotopic (exact) mass is 425 g/mol. The number of primary amides is 1. The standard InChI is InChI=1S/C18H18F3N5O4/c19-18(20,21)30-11-5-3-10(4-6-11)13(8-14(22)27)25-17(29)26-9-15(28)24-12-2-1-7-23-16(12)26/h1-7,13,15,24,28H,8-9H2,(H2,22,27)(H,25,29). The van der Waals surface area contributed by atoms with Gasteiger partial charge < -0.3 is 26.2 Å². The van der Waals surface area contributed by atoms with Gasteiger partial charge >= 0.3 is 12.4 Å². The summed E-state index contributed by atoms with van der Waals surface area (Å²) in [5.74, 6) is -0.902. The Morgan fingerprint density at radius 2 is 2.03 bits per heavy atom. The average molecular weight is 425 g/mol. The van der Waals surface area contributed by atoms with Gasteiger partial charge in [-0.3, -0.25) is 9.69 Å². The number of benzene rings is 1. The zero-order chi connectivity index (χ0) is 21.9. The number of hydrogen-bond acceptors (Lipinski definition) is 6. The van der Waals surface area contributed by atoms with Gasteiger partial charge in [0.1, 0.15) is 12.0 Å². The second-order valence-electron chi connectivity index (χ2n) is 6.43. The van der Waals surface area contributed by atoms with Crippen LogP contribution in [0.3, 0.4) is 0 Å². The lowest BCUT2D eigenvalue weighted by atomic mass is 10.0. The molecule has 1 aliphatic rings. The van der Waals surface area contributed by atoms with E-state index in [4.69, 9.17) is 5.73 Å². The fraction of sp³-hybridized carbons (Fsp3) is 0.278. The number of β-amino-alcohol motifs (C(OH)–C–C–N with tert-alkyl or cyclic N) is 1. The van der Waals surface area contributed by atoms with Crippen molar-refractivity contribution in [2.24, 2.45) is 5.73 Å². The number of pyridine rings is 1. The fourth-order valence-electron chi connectivity index (χ4n) is 2.97. The highest BCUT2D eigenvalue weighted by atomic mass is 19.4. The second-order valence-corrected chi connectivity index (χ2v) is 6.43. The number of ether oxygens (including phenoxy) is 1. The Hall–Kier alpha value is -3.54. The van der Waals surface area contributed by atoms with Crippen LogP contribution in [0, 0.1) is 0 Å². The molecule has 12 heteroatoms. The summed E-state index contributed by atoms with van der Waals surface area (Å²) in [6, 6.07) is 6.36. The zero-order valence-corrected chi connectivity index (χ0v) is 15.4. The first-order chi connectivity index (χ1) is 14.1. The lowest BCUT2D eigenvalue weighted by molar-refractivity contribution is -0.274. The molecule has 30 heavy (non-hydrogen) atoms. The van der Waals surface area contributed by atoms with Crippen molar-refractivity contribution < 1.29 is 32.6 Å². The summed E-state index contributed by atoms with van der Waals surface area (Å²) < 4.78 is 40.8. The molecule has 0 fully saturated rings. The van der Waals surface area contributed by atoms with Gasteiger partial charge in [0, 0.05) is 6.20 Å². The SMILES string of the molecule is NC(=O)CC(NC(=O)N1CC(O)Nc2cccnc21)c1ccc(OC(F)(F)F)cc1. The van der Waals surface area contributed by atoms with Crippen molar-refractivity contribution in [1.82, 2.24) is 10.3 Å². The van der Waals surface area contributed by atoms with Gasteiger partial charge in [0.15, 0.2) is 5.82 Å². The van der Waals surface area contributed by atoms with Crippen LogP contribution in [0.15, 0.2) is 42.6 Å². The first-order valence-corrected chi connectivity index (χ1v) is 8.74. The maximum Gasteiger partial charge on any atom is 0.573 e. The number of hydrogen-bond donors (Lipinski definition) is 4. The minimum atomic E-state index is -4.84. The predicted molar refractivity (Wildman–Crippen MR) is 99.4 cm³/mol. The third kappa shape index (κ3) is 5.29. The normalized spacial score (nSPS) is 16.8. The van der Waals surface area contributed by atoms with Crippen LogP contribution in [0.5, 0.6) is 5.75 Å². The molecule has 2 heterocycles. The molecule has 2 atom stereocenters. The van der Waals surface area contributed by atoms with E-state index >= 15 is 0 Å². The molecule has 2 unspecified atom stereocenters. The van der Waals surface area contributed by atoms with Crippen LogP contribution < -0.4 is 26.0 Å². The number of aliphatic hydroxyl groups is 1. The highest BCUT2D eigenvalue weighted by molar-refractivity contribution is 5.95. The molecule has 160 valence electrons. The van der Waals surface area contributed by atoms with Gasteiger partial charge in [-0.15, -0.1) is 13.2 Å². The van der Waals surface area contributed by atoms with Crippen molar-refractivity contribution in [3.05, 3.63) is 48.2 Å². The Bertz CT molecular complexity index is 923. The van der Waals surface area contributed by atoms with Crippen LogP contribution >= 0.6 is 0 Å².